The van der Waals surface area contributed by atoms with Crippen LogP contribution in [0.5, 0.6) is 5.75 Å². The molecule has 2 aromatic carbocycles. The highest BCUT2D eigenvalue weighted by Gasteiger charge is 2.53. The molecule has 75 heavy (non-hydrogen) atoms. The van der Waals surface area contributed by atoms with Crippen LogP contribution in [0, 0.1) is 6.92 Å². The molecule has 2 saturated heterocycles. The molecule has 2 atom stereocenters. The molecule has 3 fully saturated rings. The van der Waals surface area contributed by atoms with Crippen LogP contribution in [-0.4, -0.2) is 188 Å². The maximum Gasteiger partial charge on any atom is 0.258 e. The number of halogens is 2. The van der Waals surface area contributed by atoms with Gasteiger partial charge in [-0.3, -0.25) is 24.1 Å². The molecule has 4 amide bonds. The summed E-state index contributed by atoms with van der Waals surface area (Å²) in [7, 11) is 3.27. The van der Waals surface area contributed by atoms with E-state index in [1.807, 2.05) is 55.4 Å². The molecule has 408 valence electrons. The summed E-state index contributed by atoms with van der Waals surface area (Å²) >= 11 is 9.13. The van der Waals surface area contributed by atoms with Gasteiger partial charge in [-0.25, -0.2) is 14.4 Å². The van der Waals surface area contributed by atoms with Crippen molar-refractivity contribution in [1.82, 2.24) is 40.3 Å². The van der Waals surface area contributed by atoms with Gasteiger partial charge in [0.25, 0.3) is 11.8 Å². The Morgan fingerprint density at radius 2 is 1.60 bits per heavy atom. The molecular formula is C52H70ClFN10O9S2. The highest BCUT2D eigenvalue weighted by Crippen LogP contribution is 2.41. The summed E-state index contributed by atoms with van der Waals surface area (Å²) in [5.41, 5.74) is 3.95. The molecule has 2 aromatic heterocycles. The van der Waals surface area contributed by atoms with E-state index in [0.29, 0.717) is 131 Å². The first-order valence-corrected chi connectivity index (χ1v) is 27.6. The second kappa shape index (κ2) is 27.7. The molecule has 23 heteroatoms. The van der Waals surface area contributed by atoms with Crippen molar-refractivity contribution >= 4 is 75.8 Å². The van der Waals surface area contributed by atoms with Gasteiger partial charge in [0.1, 0.15) is 28.7 Å². The van der Waals surface area contributed by atoms with Crippen LogP contribution in [0.3, 0.4) is 0 Å². The van der Waals surface area contributed by atoms with Gasteiger partial charge < -0.3 is 54.8 Å². The number of thioether (sulfide) groups is 1. The van der Waals surface area contributed by atoms with Crippen LogP contribution in [0.4, 0.5) is 21.8 Å². The zero-order chi connectivity index (χ0) is 53.4. The predicted octanol–water partition coefficient (Wildman–Crippen LogP) is 5.99. The van der Waals surface area contributed by atoms with Crippen LogP contribution in [0.25, 0.3) is 10.4 Å². The Morgan fingerprint density at radius 3 is 2.24 bits per heavy atom. The minimum Gasteiger partial charge on any atom is -0.495 e. The number of carbonyl (C=O) groups is 4. The number of hydrogen-bond donors (Lipinski definition) is 4. The Kier molecular flexibility index (Phi) is 21.3. The Hall–Kier alpha value is -5.20. The lowest BCUT2D eigenvalue weighted by Crippen LogP contribution is -2.61. The summed E-state index contributed by atoms with van der Waals surface area (Å²) in [6.07, 6.45) is 2.86. The van der Waals surface area contributed by atoms with Crippen molar-refractivity contribution in [2.75, 3.05) is 123 Å². The Balaban J connectivity index is 0.724. The second-order valence-corrected chi connectivity index (χ2v) is 22.0. The number of anilines is 3. The fourth-order valence-corrected chi connectivity index (χ4v) is 10.7. The second-order valence-electron chi connectivity index (χ2n) is 19.0. The fourth-order valence-electron chi connectivity index (χ4n) is 8.67. The highest BCUT2D eigenvalue weighted by atomic mass is 35.5. The van der Waals surface area contributed by atoms with Gasteiger partial charge in [0, 0.05) is 68.9 Å². The standard InChI is InChI=1S/C52H70ClFN10O9S2/c1-35-43(74-34-58-35)37-10-8-36(9-11-37)32-56-46(65)41-7-6-16-64(41)48(67)44(60-49(68)52(54)14-15-52)51(2,3)75-30-29-73-28-27-72-26-25-71-24-23-70-22-21-62-17-19-63(20-18-62)47(66)38-12-13-40(42(31-38)69-5)59-50-57-33-39(53)45(55-4)61-50/h8-13,31,33-34,41,44H,6-7,14-30,32H2,1-5H3,(H,56,65)(H,60,68)(H2,55,57,59,61)/t41-,44+/m0/s1. The van der Waals surface area contributed by atoms with E-state index in [1.54, 1.807) is 43.7 Å². The number of alkyl halides is 1. The summed E-state index contributed by atoms with van der Waals surface area (Å²) in [5.74, 6) is 0.294. The Bertz CT molecular complexity index is 2530. The van der Waals surface area contributed by atoms with Crippen molar-refractivity contribution in [3.05, 3.63) is 76.0 Å². The number of aryl methyl sites for hydroxylation is 1. The number of nitrogens with zero attached hydrogens (tertiary/aromatic N) is 6. The average Bonchev–Trinajstić information content (AvgIpc) is 3.73. The van der Waals surface area contributed by atoms with Crippen LogP contribution < -0.4 is 26.0 Å². The maximum atomic E-state index is 15.0. The zero-order valence-electron chi connectivity index (χ0n) is 43.4. The largest absolute Gasteiger partial charge is 0.495 e. The minimum atomic E-state index is -1.97. The molecule has 0 bridgehead atoms. The number of rotatable bonds is 29. The average molecular weight is 1100 g/mol. The number of nitrogens with one attached hydrogen (secondary N) is 4. The van der Waals surface area contributed by atoms with Crippen LogP contribution in [0.1, 0.15) is 61.1 Å². The van der Waals surface area contributed by atoms with Gasteiger partial charge in [-0.05, 0) is 75.8 Å². The number of methoxy groups -OCH3 is 1. The first kappa shape index (κ1) is 57.5. The third kappa shape index (κ3) is 16.2. The van der Waals surface area contributed by atoms with Crippen molar-refractivity contribution in [2.45, 2.75) is 75.5 Å². The smallest absolute Gasteiger partial charge is 0.258 e. The Labute approximate surface area is 451 Å². The lowest BCUT2D eigenvalue weighted by molar-refractivity contribution is -0.143. The van der Waals surface area contributed by atoms with E-state index in [9.17, 15) is 23.6 Å². The van der Waals surface area contributed by atoms with Gasteiger partial charge in [0.2, 0.25) is 17.8 Å². The number of amides is 4. The topological polar surface area (TPSA) is 211 Å². The zero-order valence-corrected chi connectivity index (χ0v) is 45.8. The molecule has 1 aliphatic carbocycles. The van der Waals surface area contributed by atoms with E-state index in [1.165, 1.54) is 22.9 Å². The summed E-state index contributed by atoms with van der Waals surface area (Å²) in [4.78, 5) is 73.9. The van der Waals surface area contributed by atoms with E-state index in [0.717, 1.165) is 41.3 Å². The van der Waals surface area contributed by atoms with Crippen molar-refractivity contribution in [1.29, 1.82) is 0 Å². The number of likely N-dealkylation sites (tertiary alicyclic amines) is 1. The number of carbonyl (C=O) groups excluding carboxylic acids is 4. The molecule has 3 aliphatic rings. The van der Waals surface area contributed by atoms with Crippen molar-refractivity contribution in [3.63, 3.8) is 0 Å². The van der Waals surface area contributed by atoms with Crippen molar-refractivity contribution in [2.24, 2.45) is 0 Å². The number of aromatic nitrogens is 3. The lowest BCUT2D eigenvalue weighted by atomic mass is 10.00. The van der Waals surface area contributed by atoms with Crippen LogP contribution in [-0.2, 0) is 39.9 Å². The number of benzene rings is 2. The van der Waals surface area contributed by atoms with Crippen LogP contribution in [0.15, 0.2) is 54.2 Å². The van der Waals surface area contributed by atoms with Crippen molar-refractivity contribution < 1.29 is 47.3 Å². The molecule has 19 nitrogen and oxygen atoms in total. The van der Waals surface area contributed by atoms with Gasteiger partial charge in [0.05, 0.1) is 87.9 Å². The monoisotopic (exact) mass is 1100 g/mol. The molecule has 2 aliphatic heterocycles. The first-order valence-electron chi connectivity index (χ1n) is 25.4. The van der Waals surface area contributed by atoms with Gasteiger partial charge in [-0.15, -0.1) is 11.3 Å². The van der Waals surface area contributed by atoms with E-state index < -0.39 is 34.3 Å². The quantitative estimate of drug-likeness (QED) is 0.0461. The van der Waals surface area contributed by atoms with E-state index >= 15 is 0 Å². The number of thiazole rings is 1. The van der Waals surface area contributed by atoms with Crippen molar-refractivity contribution in [3.8, 4) is 16.2 Å². The third-order valence-electron chi connectivity index (χ3n) is 13.3. The molecule has 0 radical (unpaired) electrons. The van der Waals surface area contributed by atoms with Gasteiger partial charge >= 0.3 is 0 Å². The van der Waals surface area contributed by atoms with Crippen LogP contribution >= 0.6 is 34.7 Å². The molecule has 7 rings (SSSR count). The number of hydrogen-bond acceptors (Lipinski definition) is 17. The van der Waals surface area contributed by atoms with E-state index in [4.69, 9.17) is 35.3 Å². The SMILES string of the molecule is CNc1nc(Nc2ccc(C(=O)N3CCN(CCOCCOCCOCCOCCSC(C)(C)[C@H](NC(=O)C4(F)CC4)C(=O)N4CCC[C@H]4C(=O)NCc4ccc(-c5scnc5C)cc4)CC3)cc2OC)ncc1Cl. The normalized spacial score (nSPS) is 16.9. The van der Waals surface area contributed by atoms with E-state index in [2.05, 4.69) is 41.1 Å². The molecule has 0 unspecified atom stereocenters. The fraction of sp³-hybridized carbons (Fsp3) is 0.558. The van der Waals surface area contributed by atoms with Gasteiger partial charge in [-0.1, -0.05) is 35.9 Å². The lowest BCUT2D eigenvalue weighted by Gasteiger charge is -2.37. The molecule has 0 spiro atoms. The molecular weight excluding hydrogens is 1030 g/mol. The van der Waals surface area contributed by atoms with Gasteiger partial charge in [-0.2, -0.15) is 16.7 Å². The number of piperazine rings is 1. The predicted molar refractivity (Wildman–Crippen MR) is 289 cm³/mol. The number of ether oxygens (including phenoxy) is 5. The summed E-state index contributed by atoms with van der Waals surface area (Å²) in [5, 5.41) is 12.2. The summed E-state index contributed by atoms with van der Waals surface area (Å²) < 4.78 is 42.7. The third-order valence-corrected chi connectivity index (χ3v) is 15.9. The first-order chi connectivity index (χ1) is 36.2. The van der Waals surface area contributed by atoms with Gasteiger partial charge in [0.15, 0.2) is 5.67 Å². The van der Waals surface area contributed by atoms with Crippen LogP contribution in [0.2, 0.25) is 5.02 Å². The molecule has 1 saturated carbocycles. The maximum absolute atomic E-state index is 15.0. The molecule has 4 heterocycles. The summed E-state index contributed by atoms with van der Waals surface area (Å²) in [6, 6.07) is 11.4. The summed E-state index contributed by atoms with van der Waals surface area (Å²) in [6.45, 7) is 13.1. The van der Waals surface area contributed by atoms with E-state index in [-0.39, 0.29) is 24.7 Å². The molecule has 4 aromatic rings. The minimum absolute atomic E-state index is 0.0649. The highest BCUT2D eigenvalue weighted by molar-refractivity contribution is 8.00. The Morgan fingerprint density at radius 1 is 0.920 bits per heavy atom. The molecule has 4 N–H and O–H groups in total.